The Morgan fingerprint density at radius 1 is 1.37 bits per heavy atom. The number of benzene rings is 1. The Kier molecular flexibility index (Phi) is 3.83. The molecule has 2 N–H and O–H groups in total. The lowest BCUT2D eigenvalue weighted by Gasteiger charge is -2.26. The van der Waals surface area contributed by atoms with Gasteiger partial charge in [0, 0.05) is 18.8 Å². The molecule has 0 unspecified atom stereocenters. The van der Waals surface area contributed by atoms with Crippen LogP contribution in [0, 0.1) is 12.3 Å². The number of likely N-dealkylation sites (tertiary alicyclic amines) is 1. The highest BCUT2D eigenvalue weighted by Gasteiger charge is 2.37. The molecule has 2 rings (SSSR count). The molecular weight excluding hydrogens is 236 g/mol. The van der Waals surface area contributed by atoms with E-state index in [9.17, 15) is 4.79 Å². The molecule has 104 valence electrons. The maximum Gasteiger partial charge on any atom is 0.255 e. The van der Waals surface area contributed by atoms with E-state index in [0.717, 1.165) is 37.9 Å². The molecule has 1 amide bonds. The lowest BCUT2D eigenvalue weighted by molar-refractivity contribution is 0.0771. The third-order valence-corrected chi connectivity index (χ3v) is 4.66. The van der Waals surface area contributed by atoms with Crippen molar-refractivity contribution in [3.05, 3.63) is 29.3 Å². The van der Waals surface area contributed by atoms with Crippen molar-refractivity contribution in [3.8, 4) is 0 Å². The number of hydrogen-bond acceptors (Lipinski definition) is 2. The zero-order chi connectivity index (χ0) is 14.0. The van der Waals surface area contributed by atoms with Gasteiger partial charge in [-0.2, -0.15) is 0 Å². The van der Waals surface area contributed by atoms with E-state index in [2.05, 4.69) is 13.8 Å². The van der Waals surface area contributed by atoms with Crippen LogP contribution in [0.5, 0.6) is 0 Å². The third-order valence-electron chi connectivity index (χ3n) is 4.66. The first-order valence-electron chi connectivity index (χ1n) is 7.17. The molecule has 1 aromatic rings. The summed E-state index contributed by atoms with van der Waals surface area (Å²) in [5.74, 6) is 0.0879. The predicted molar refractivity (Wildman–Crippen MR) is 79.1 cm³/mol. The number of amides is 1. The van der Waals surface area contributed by atoms with Gasteiger partial charge in [-0.05, 0) is 43.7 Å². The molecule has 1 aromatic carbocycles. The van der Waals surface area contributed by atoms with Gasteiger partial charge in [-0.25, -0.2) is 0 Å². The van der Waals surface area contributed by atoms with Crippen molar-refractivity contribution < 1.29 is 4.79 Å². The first-order valence-corrected chi connectivity index (χ1v) is 7.17. The molecule has 1 fully saturated rings. The van der Waals surface area contributed by atoms with E-state index in [1.807, 2.05) is 30.0 Å². The van der Waals surface area contributed by atoms with Gasteiger partial charge in [0.15, 0.2) is 0 Å². The van der Waals surface area contributed by atoms with E-state index < -0.39 is 0 Å². The van der Waals surface area contributed by atoms with E-state index in [1.54, 1.807) is 0 Å². The molecule has 1 heterocycles. The molecule has 3 nitrogen and oxygen atoms in total. The van der Waals surface area contributed by atoms with E-state index >= 15 is 0 Å². The number of rotatable bonds is 3. The number of nitrogens with zero attached hydrogens (tertiary/aromatic N) is 1. The lowest BCUT2D eigenvalue weighted by atomic mass is 9.82. The first-order chi connectivity index (χ1) is 9.01. The van der Waals surface area contributed by atoms with Crippen molar-refractivity contribution in [1.82, 2.24) is 4.90 Å². The number of anilines is 1. The van der Waals surface area contributed by atoms with E-state index in [0.29, 0.717) is 16.7 Å². The van der Waals surface area contributed by atoms with Crippen LogP contribution in [0.2, 0.25) is 0 Å². The number of hydrogen-bond donors (Lipinski definition) is 1. The summed E-state index contributed by atoms with van der Waals surface area (Å²) in [5, 5.41) is 0. The Labute approximate surface area is 115 Å². The van der Waals surface area contributed by atoms with Crippen LogP contribution in [0.3, 0.4) is 0 Å². The van der Waals surface area contributed by atoms with Crippen molar-refractivity contribution in [1.29, 1.82) is 0 Å². The molecule has 0 atom stereocenters. The molecule has 1 saturated heterocycles. The fourth-order valence-electron chi connectivity index (χ4n) is 2.96. The van der Waals surface area contributed by atoms with Crippen LogP contribution in [-0.2, 0) is 0 Å². The number of carbonyl (C=O) groups is 1. The molecule has 1 aliphatic heterocycles. The van der Waals surface area contributed by atoms with E-state index in [-0.39, 0.29) is 5.91 Å². The van der Waals surface area contributed by atoms with Gasteiger partial charge in [-0.1, -0.05) is 25.5 Å². The van der Waals surface area contributed by atoms with Crippen LogP contribution in [0.4, 0.5) is 5.69 Å². The second kappa shape index (κ2) is 5.24. The van der Waals surface area contributed by atoms with Gasteiger partial charge in [0.25, 0.3) is 5.91 Å². The second-order valence-corrected chi connectivity index (χ2v) is 5.77. The molecule has 0 spiro atoms. The predicted octanol–water partition coefficient (Wildman–Crippen LogP) is 3.23. The van der Waals surface area contributed by atoms with Crippen molar-refractivity contribution in [2.75, 3.05) is 18.8 Å². The van der Waals surface area contributed by atoms with Gasteiger partial charge in [-0.3, -0.25) is 4.79 Å². The van der Waals surface area contributed by atoms with Crippen molar-refractivity contribution in [3.63, 3.8) is 0 Å². The van der Waals surface area contributed by atoms with E-state index in [1.165, 1.54) is 0 Å². The number of carbonyl (C=O) groups excluding carboxylic acids is 1. The fourth-order valence-corrected chi connectivity index (χ4v) is 2.96. The maximum atomic E-state index is 12.6. The summed E-state index contributed by atoms with van der Waals surface area (Å²) >= 11 is 0. The summed E-state index contributed by atoms with van der Waals surface area (Å²) < 4.78 is 0. The standard InChI is InChI=1S/C16H24N2O/c1-4-16(5-2)8-9-18(11-16)15(19)13-10-12(3)6-7-14(13)17/h6-7,10H,4-5,8-9,11,17H2,1-3H3. The Balaban J connectivity index is 2.20. The summed E-state index contributed by atoms with van der Waals surface area (Å²) in [6, 6.07) is 5.67. The average Bonchev–Trinajstić information content (AvgIpc) is 2.86. The SMILES string of the molecule is CCC1(CC)CCN(C(=O)c2cc(C)ccc2N)C1. The van der Waals surface area contributed by atoms with Gasteiger partial charge in [0.2, 0.25) is 0 Å². The van der Waals surface area contributed by atoms with Crippen molar-refractivity contribution in [2.45, 2.75) is 40.0 Å². The fraction of sp³-hybridized carbons (Fsp3) is 0.562. The Hall–Kier alpha value is -1.51. The Bertz CT molecular complexity index is 478. The average molecular weight is 260 g/mol. The van der Waals surface area contributed by atoms with E-state index in [4.69, 9.17) is 5.73 Å². The molecule has 1 aliphatic rings. The highest BCUT2D eigenvalue weighted by Crippen LogP contribution is 2.37. The maximum absolute atomic E-state index is 12.6. The molecule has 3 heteroatoms. The summed E-state index contributed by atoms with van der Waals surface area (Å²) in [6.45, 7) is 8.15. The van der Waals surface area contributed by atoms with Gasteiger partial charge in [0.05, 0.1) is 5.56 Å². The number of aryl methyl sites for hydroxylation is 1. The highest BCUT2D eigenvalue weighted by atomic mass is 16.2. The third kappa shape index (κ3) is 2.60. The summed E-state index contributed by atoms with van der Waals surface area (Å²) in [6.07, 6.45) is 3.38. The molecule has 0 saturated carbocycles. The first kappa shape index (κ1) is 13.9. The number of nitrogen functional groups attached to an aromatic ring is 1. The Morgan fingerprint density at radius 3 is 2.63 bits per heavy atom. The summed E-state index contributed by atoms with van der Waals surface area (Å²) in [5.41, 5.74) is 8.57. The topological polar surface area (TPSA) is 46.3 Å². The Morgan fingerprint density at radius 2 is 2.05 bits per heavy atom. The van der Waals surface area contributed by atoms with Crippen LogP contribution in [-0.4, -0.2) is 23.9 Å². The minimum Gasteiger partial charge on any atom is -0.398 e. The quantitative estimate of drug-likeness (QED) is 0.848. The normalized spacial score (nSPS) is 17.7. The smallest absolute Gasteiger partial charge is 0.255 e. The molecule has 0 aromatic heterocycles. The van der Waals surface area contributed by atoms with Crippen LogP contribution in [0.1, 0.15) is 49.0 Å². The molecular formula is C16H24N2O. The molecule has 0 radical (unpaired) electrons. The van der Waals surface area contributed by atoms with Crippen LogP contribution in [0.25, 0.3) is 0 Å². The summed E-state index contributed by atoms with van der Waals surface area (Å²) in [7, 11) is 0. The minimum absolute atomic E-state index is 0.0879. The second-order valence-electron chi connectivity index (χ2n) is 5.77. The van der Waals surface area contributed by atoms with Gasteiger partial charge >= 0.3 is 0 Å². The monoisotopic (exact) mass is 260 g/mol. The zero-order valence-electron chi connectivity index (χ0n) is 12.2. The number of nitrogens with two attached hydrogens (primary N) is 1. The van der Waals surface area contributed by atoms with Gasteiger partial charge < -0.3 is 10.6 Å². The van der Waals surface area contributed by atoms with Crippen LogP contribution < -0.4 is 5.73 Å². The largest absolute Gasteiger partial charge is 0.398 e. The molecule has 19 heavy (non-hydrogen) atoms. The van der Waals surface area contributed by atoms with Crippen LogP contribution in [0.15, 0.2) is 18.2 Å². The zero-order valence-corrected chi connectivity index (χ0v) is 12.2. The van der Waals surface area contributed by atoms with Gasteiger partial charge in [-0.15, -0.1) is 0 Å². The summed E-state index contributed by atoms with van der Waals surface area (Å²) in [4.78, 5) is 14.6. The van der Waals surface area contributed by atoms with Crippen molar-refractivity contribution in [2.24, 2.45) is 5.41 Å². The van der Waals surface area contributed by atoms with Gasteiger partial charge in [0.1, 0.15) is 0 Å². The molecule has 0 aliphatic carbocycles. The van der Waals surface area contributed by atoms with Crippen LogP contribution >= 0.6 is 0 Å². The lowest BCUT2D eigenvalue weighted by Crippen LogP contribution is -2.32. The van der Waals surface area contributed by atoms with Crippen molar-refractivity contribution >= 4 is 11.6 Å². The highest BCUT2D eigenvalue weighted by molar-refractivity contribution is 5.99. The minimum atomic E-state index is 0.0879. The molecule has 0 bridgehead atoms.